The largest absolute Gasteiger partial charge is 0.294 e. The number of hydrazine groups is 1. The SMILES string of the molecule is O=C1CCCC2=C1CC1=C(CCCC1=O)N2NC(=O)c1ccccc1. The maximum atomic E-state index is 12.7. The lowest BCUT2D eigenvalue weighted by molar-refractivity contribution is -0.117. The number of carbonyl (C=O) groups excluding carboxylic acids is 3. The van der Waals surface area contributed by atoms with Gasteiger partial charge in [-0.25, -0.2) is 0 Å². The van der Waals surface area contributed by atoms with Crippen molar-refractivity contribution in [3.8, 4) is 0 Å². The van der Waals surface area contributed by atoms with E-state index >= 15 is 0 Å². The molecule has 1 aromatic carbocycles. The second kappa shape index (κ2) is 6.31. The molecule has 5 nitrogen and oxygen atoms in total. The average Bonchev–Trinajstić information content (AvgIpc) is 2.64. The van der Waals surface area contributed by atoms with E-state index in [1.165, 1.54) is 0 Å². The number of carbonyl (C=O) groups is 3. The number of hydrogen-bond donors (Lipinski definition) is 1. The number of benzene rings is 1. The molecule has 1 heterocycles. The van der Waals surface area contributed by atoms with E-state index < -0.39 is 0 Å². The van der Waals surface area contributed by atoms with Crippen molar-refractivity contribution >= 4 is 17.5 Å². The van der Waals surface area contributed by atoms with Crippen LogP contribution in [0.1, 0.15) is 55.3 Å². The van der Waals surface area contributed by atoms with Crippen LogP contribution in [-0.2, 0) is 9.59 Å². The molecule has 0 atom stereocenters. The molecule has 0 saturated carbocycles. The summed E-state index contributed by atoms with van der Waals surface area (Å²) in [5.74, 6) is -0.0208. The minimum Gasteiger partial charge on any atom is -0.294 e. The highest BCUT2D eigenvalue weighted by Crippen LogP contribution is 2.40. The molecule has 0 bridgehead atoms. The van der Waals surface area contributed by atoms with Crippen molar-refractivity contribution in [2.24, 2.45) is 0 Å². The lowest BCUT2D eigenvalue weighted by Gasteiger charge is -2.40. The fourth-order valence-electron chi connectivity index (χ4n) is 3.88. The van der Waals surface area contributed by atoms with Crippen molar-refractivity contribution in [3.05, 3.63) is 58.4 Å². The standard InChI is InChI=1S/C20H20N2O3/c23-18-10-4-8-16-14(18)12-15-17(9-5-11-19(15)24)22(16)21-20(25)13-6-2-1-3-7-13/h1-3,6-7H,4-5,8-12H2,(H,21,25). The van der Waals surface area contributed by atoms with Gasteiger partial charge in [0.2, 0.25) is 0 Å². The van der Waals surface area contributed by atoms with Gasteiger partial charge in [0, 0.05) is 47.4 Å². The Balaban J connectivity index is 1.72. The number of amides is 1. The highest BCUT2D eigenvalue weighted by Gasteiger charge is 2.37. The van der Waals surface area contributed by atoms with Crippen LogP contribution in [0.5, 0.6) is 0 Å². The highest BCUT2D eigenvalue weighted by molar-refractivity contribution is 6.04. The van der Waals surface area contributed by atoms with E-state index in [4.69, 9.17) is 0 Å². The predicted molar refractivity (Wildman–Crippen MR) is 92.1 cm³/mol. The molecule has 1 N–H and O–H groups in total. The number of nitrogens with zero attached hydrogens (tertiary/aromatic N) is 1. The summed E-state index contributed by atoms with van der Waals surface area (Å²) < 4.78 is 0. The Morgan fingerprint density at radius 1 is 0.840 bits per heavy atom. The van der Waals surface area contributed by atoms with Gasteiger partial charge in [-0.05, 0) is 37.8 Å². The van der Waals surface area contributed by atoms with E-state index in [0.29, 0.717) is 36.0 Å². The molecule has 5 heteroatoms. The summed E-state index contributed by atoms with van der Waals surface area (Å²) in [6.45, 7) is 0. The maximum absolute atomic E-state index is 12.7. The van der Waals surface area contributed by atoms with Crippen LogP contribution in [0.3, 0.4) is 0 Å². The van der Waals surface area contributed by atoms with Crippen LogP contribution < -0.4 is 5.43 Å². The fourth-order valence-corrected chi connectivity index (χ4v) is 3.88. The van der Waals surface area contributed by atoms with Gasteiger partial charge >= 0.3 is 0 Å². The van der Waals surface area contributed by atoms with Crippen LogP contribution >= 0.6 is 0 Å². The van der Waals surface area contributed by atoms with Crippen molar-refractivity contribution < 1.29 is 14.4 Å². The van der Waals surface area contributed by atoms with Gasteiger partial charge in [0.25, 0.3) is 5.91 Å². The van der Waals surface area contributed by atoms with Crippen LogP contribution in [0.15, 0.2) is 52.9 Å². The topological polar surface area (TPSA) is 66.5 Å². The lowest BCUT2D eigenvalue weighted by atomic mass is 9.81. The minimum absolute atomic E-state index is 0.102. The maximum Gasteiger partial charge on any atom is 0.270 e. The van der Waals surface area contributed by atoms with Crippen LogP contribution in [0.25, 0.3) is 0 Å². The van der Waals surface area contributed by atoms with Gasteiger partial charge in [-0.1, -0.05) is 18.2 Å². The van der Waals surface area contributed by atoms with E-state index in [2.05, 4.69) is 5.43 Å². The van der Waals surface area contributed by atoms with Crippen molar-refractivity contribution in [3.63, 3.8) is 0 Å². The monoisotopic (exact) mass is 336 g/mol. The van der Waals surface area contributed by atoms with E-state index in [1.54, 1.807) is 17.1 Å². The molecule has 0 aromatic heterocycles. The molecule has 0 saturated heterocycles. The van der Waals surface area contributed by atoms with E-state index in [9.17, 15) is 14.4 Å². The Kier molecular flexibility index (Phi) is 3.99. The Bertz CT molecular complexity index is 779. The van der Waals surface area contributed by atoms with E-state index in [0.717, 1.165) is 37.1 Å². The fraction of sp³-hybridized carbons (Fsp3) is 0.350. The minimum atomic E-state index is -0.225. The van der Waals surface area contributed by atoms with Gasteiger partial charge in [-0.15, -0.1) is 0 Å². The number of rotatable bonds is 2. The van der Waals surface area contributed by atoms with Gasteiger partial charge < -0.3 is 0 Å². The molecule has 2 aliphatic carbocycles. The van der Waals surface area contributed by atoms with E-state index in [1.807, 2.05) is 18.2 Å². The number of nitrogens with one attached hydrogen (secondary N) is 1. The Hall–Kier alpha value is -2.69. The molecular formula is C20H20N2O3. The van der Waals surface area contributed by atoms with Gasteiger partial charge in [-0.2, -0.15) is 0 Å². The van der Waals surface area contributed by atoms with Crippen molar-refractivity contribution in [2.75, 3.05) is 0 Å². The first-order valence-corrected chi connectivity index (χ1v) is 8.82. The van der Waals surface area contributed by atoms with Crippen molar-refractivity contribution in [1.82, 2.24) is 10.4 Å². The molecule has 25 heavy (non-hydrogen) atoms. The summed E-state index contributed by atoms with van der Waals surface area (Å²) in [5.41, 5.74) is 6.65. The zero-order chi connectivity index (χ0) is 17.4. The van der Waals surface area contributed by atoms with Crippen molar-refractivity contribution in [1.29, 1.82) is 0 Å². The Morgan fingerprint density at radius 3 is 1.96 bits per heavy atom. The summed E-state index contributed by atoms with van der Waals surface area (Å²) in [6.07, 6.45) is 4.55. The first kappa shape index (κ1) is 15.8. The second-order valence-electron chi connectivity index (χ2n) is 6.72. The Labute approximate surface area is 146 Å². The third kappa shape index (κ3) is 2.80. The van der Waals surface area contributed by atoms with Crippen molar-refractivity contribution in [2.45, 2.75) is 44.9 Å². The second-order valence-corrected chi connectivity index (χ2v) is 6.72. The molecule has 0 fully saturated rings. The first-order valence-electron chi connectivity index (χ1n) is 8.82. The van der Waals surface area contributed by atoms with Crippen LogP contribution in [0.4, 0.5) is 0 Å². The molecule has 1 aromatic rings. The molecule has 0 unspecified atom stereocenters. The highest BCUT2D eigenvalue weighted by atomic mass is 16.2. The van der Waals surface area contributed by atoms with Gasteiger partial charge in [0.15, 0.2) is 11.6 Å². The summed E-state index contributed by atoms with van der Waals surface area (Å²) in [5, 5.41) is 1.75. The summed E-state index contributed by atoms with van der Waals surface area (Å²) in [7, 11) is 0. The summed E-state index contributed by atoms with van der Waals surface area (Å²) in [4.78, 5) is 37.4. The van der Waals surface area contributed by atoms with Crippen LogP contribution in [-0.4, -0.2) is 22.5 Å². The zero-order valence-corrected chi connectivity index (χ0v) is 14.0. The van der Waals surface area contributed by atoms with E-state index in [-0.39, 0.29) is 17.5 Å². The molecular weight excluding hydrogens is 316 g/mol. The third-order valence-electron chi connectivity index (χ3n) is 5.15. The molecule has 0 spiro atoms. The third-order valence-corrected chi connectivity index (χ3v) is 5.15. The Morgan fingerprint density at radius 2 is 1.40 bits per heavy atom. The number of ketones is 2. The molecule has 1 aliphatic heterocycles. The van der Waals surface area contributed by atoms with Crippen LogP contribution in [0.2, 0.25) is 0 Å². The molecule has 0 radical (unpaired) electrons. The van der Waals surface area contributed by atoms with Crippen LogP contribution in [0, 0.1) is 0 Å². The molecule has 4 rings (SSSR count). The predicted octanol–water partition coefficient (Wildman–Crippen LogP) is 3.05. The molecule has 3 aliphatic rings. The quantitative estimate of drug-likeness (QED) is 0.901. The molecule has 1 amide bonds. The first-order chi connectivity index (χ1) is 12.1. The average molecular weight is 336 g/mol. The van der Waals surface area contributed by atoms with Gasteiger partial charge in [-0.3, -0.25) is 24.8 Å². The summed E-state index contributed by atoms with van der Waals surface area (Å²) in [6, 6.07) is 8.99. The van der Waals surface area contributed by atoms with Gasteiger partial charge in [0.1, 0.15) is 0 Å². The number of Topliss-reactive ketones (excluding diaryl/α,β-unsaturated/α-hetero) is 2. The normalized spacial score (nSPS) is 20.4. The lowest BCUT2D eigenvalue weighted by Crippen LogP contribution is -2.46. The molecule has 128 valence electrons. The number of hydrogen-bond acceptors (Lipinski definition) is 4. The zero-order valence-electron chi connectivity index (χ0n) is 14.0. The smallest absolute Gasteiger partial charge is 0.270 e. The van der Waals surface area contributed by atoms with Gasteiger partial charge in [0.05, 0.1) is 0 Å². The number of allylic oxidation sites excluding steroid dienone is 4. The summed E-state index contributed by atoms with van der Waals surface area (Å²) >= 11 is 0.